The minimum atomic E-state index is -0.631. The van der Waals surface area contributed by atoms with Gasteiger partial charge in [0.15, 0.2) is 6.61 Å². The Morgan fingerprint density at radius 2 is 1.69 bits per heavy atom. The molecule has 0 spiro atoms. The lowest BCUT2D eigenvalue weighted by Crippen LogP contribution is -2.31. The van der Waals surface area contributed by atoms with E-state index >= 15 is 0 Å². The summed E-state index contributed by atoms with van der Waals surface area (Å²) in [6, 6.07) is 18.4. The molecule has 0 saturated carbocycles. The molecule has 2 aromatic carbocycles. The van der Waals surface area contributed by atoms with Gasteiger partial charge in [0.05, 0.1) is 28.7 Å². The molecule has 0 saturated heterocycles. The number of hydrogen-bond acceptors (Lipinski definition) is 4. The molecule has 148 valence electrons. The Morgan fingerprint density at radius 1 is 0.966 bits per heavy atom. The molecule has 0 fully saturated rings. The number of hydrogen-bond donors (Lipinski definition) is 2. The second kappa shape index (κ2) is 9.71. The Bertz CT molecular complexity index is 987. The number of benzene rings is 2. The zero-order valence-corrected chi connectivity index (χ0v) is 16.2. The van der Waals surface area contributed by atoms with Crippen LogP contribution in [0, 0.1) is 0 Å². The summed E-state index contributed by atoms with van der Waals surface area (Å²) in [6.07, 6.45) is 1.49. The van der Waals surface area contributed by atoms with Gasteiger partial charge in [0.25, 0.3) is 5.91 Å². The molecule has 29 heavy (non-hydrogen) atoms. The first-order valence-electron chi connectivity index (χ1n) is 8.97. The third kappa shape index (κ3) is 5.56. The molecule has 1 aromatic heterocycles. The molecule has 7 heteroatoms. The maximum absolute atomic E-state index is 12.6. The number of amides is 1. The van der Waals surface area contributed by atoms with E-state index in [4.69, 9.17) is 16.3 Å². The van der Waals surface area contributed by atoms with Crippen LogP contribution >= 0.6 is 11.6 Å². The number of rotatable bonds is 8. The van der Waals surface area contributed by atoms with Crippen molar-refractivity contribution < 1.29 is 19.1 Å². The Hall–Kier alpha value is -3.38. The van der Waals surface area contributed by atoms with E-state index in [1.54, 1.807) is 54.7 Å². The molecular formula is C22H19ClN2O4. The van der Waals surface area contributed by atoms with Gasteiger partial charge in [-0.15, -0.1) is 0 Å². The highest BCUT2D eigenvalue weighted by Gasteiger charge is 2.22. The van der Waals surface area contributed by atoms with Crippen molar-refractivity contribution in [3.63, 3.8) is 0 Å². The highest BCUT2D eigenvalue weighted by molar-refractivity contribution is 6.33. The van der Waals surface area contributed by atoms with Crippen molar-refractivity contribution >= 4 is 29.3 Å². The Kier molecular flexibility index (Phi) is 6.81. The number of aromatic nitrogens is 1. The van der Waals surface area contributed by atoms with Gasteiger partial charge >= 0.3 is 5.97 Å². The second-order valence-corrected chi connectivity index (χ2v) is 6.70. The zero-order chi connectivity index (χ0) is 20.6. The summed E-state index contributed by atoms with van der Waals surface area (Å²) in [5.74, 6) is -1.34. The van der Waals surface area contributed by atoms with Gasteiger partial charge in [0.2, 0.25) is 5.78 Å². The van der Waals surface area contributed by atoms with Crippen molar-refractivity contribution in [3.05, 3.63) is 94.8 Å². The average molecular weight is 411 g/mol. The summed E-state index contributed by atoms with van der Waals surface area (Å²) in [5.41, 5.74) is 1.41. The SMILES string of the molecule is O=C(C[C@@H](NC(=O)c1ccccc1Cl)c1ccccc1)OCC(=O)c1ccc[nH]1. The molecule has 0 aliphatic heterocycles. The fourth-order valence-corrected chi connectivity index (χ4v) is 2.99. The lowest BCUT2D eigenvalue weighted by Gasteiger charge is -2.19. The van der Waals surface area contributed by atoms with Crippen LogP contribution in [-0.4, -0.2) is 29.3 Å². The van der Waals surface area contributed by atoms with Crippen LogP contribution in [0.3, 0.4) is 0 Å². The summed E-state index contributed by atoms with van der Waals surface area (Å²) >= 11 is 6.09. The van der Waals surface area contributed by atoms with E-state index < -0.39 is 17.9 Å². The van der Waals surface area contributed by atoms with Gasteiger partial charge < -0.3 is 15.0 Å². The number of carbonyl (C=O) groups excluding carboxylic acids is 3. The highest BCUT2D eigenvalue weighted by atomic mass is 35.5. The van der Waals surface area contributed by atoms with E-state index in [1.807, 2.05) is 18.2 Å². The topological polar surface area (TPSA) is 88.3 Å². The first kappa shape index (κ1) is 20.4. The molecule has 0 aliphatic carbocycles. The number of esters is 1. The van der Waals surface area contributed by atoms with E-state index in [1.165, 1.54) is 0 Å². The third-order valence-electron chi connectivity index (χ3n) is 4.26. The van der Waals surface area contributed by atoms with Gasteiger partial charge in [-0.1, -0.05) is 54.1 Å². The van der Waals surface area contributed by atoms with Crippen molar-refractivity contribution in [1.29, 1.82) is 0 Å². The molecule has 1 amide bonds. The minimum Gasteiger partial charge on any atom is -0.457 e. The molecule has 3 aromatic rings. The van der Waals surface area contributed by atoms with Crippen LogP contribution in [0.4, 0.5) is 0 Å². The summed E-state index contributed by atoms with van der Waals surface area (Å²) in [5, 5.41) is 3.14. The standard InChI is InChI=1S/C22H19ClN2O4/c23-17-10-5-4-9-16(17)22(28)25-19(15-7-2-1-3-8-15)13-21(27)29-14-20(26)18-11-6-12-24-18/h1-12,19,24H,13-14H2,(H,25,28)/t19-/m1/s1. The van der Waals surface area contributed by atoms with E-state index in [0.717, 1.165) is 5.56 Å². The number of Topliss-reactive ketones (excluding diaryl/α,β-unsaturated/α-hetero) is 1. The van der Waals surface area contributed by atoms with E-state index in [-0.39, 0.29) is 18.8 Å². The lowest BCUT2D eigenvalue weighted by molar-refractivity contribution is -0.143. The minimum absolute atomic E-state index is 0.127. The number of halogens is 1. The summed E-state index contributed by atoms with van der Waals surface area (Å²) in [7, 11) is 0. The Morgan fingerprint density at radius 3 is 2.38 bits per heavy atom. The molecule has 0 unspecified atom stereocenters. The largest absolute Gasteiger partial charge is 0.457 e. The molecule has 0 bridgehead atoms. The summed E-state index contributed by atoms with van der Waals surface area (Å²) in [4.78, 5) is 39.7. The number of carbonyl (C=O) groups is 3. The maximum Gasteiger partial charge on any atom is 0.308 e. The van der Waals surface area contributed by atoms with Crippen molar-refractivity contribution in [2.75, 3.05) is 6.61 Å². The van der Waals surface area contributed by atoms with E-state index in [0.29, 0.717) is 16.3 Å². The predicted octanol–water partition coefficient (Wildman–Crippen LogP) is 3.96. The highest BCUT2D eigenvalue weighted by Crippen LogP contribution is 2.20. The molecule has 1 atom stereocenters. The third-order valence-corrected chi connectivity index (χ3v) is 4.59. The number of nitrogens with one attached hydrogen (secondary N) is 2. The summed E-state index contributed by atoms with van der Waals surface area (Å²) in [6.45, 7) is -0.376. The smallest absolute Gasteiger partial charge is 0.308 e. The Labute approximate surface area is 172 Å². The van der Waals surface area contributed by atoms with Gasteiger partial charge in [-0.3, -0.25) is 14.4 Å². The molecule has 0 radical (unpaired) electrons. The van der Waals surface area contributed by atoms with Crippen LogP contribution in [0.25, 0.3) is 0 Å². The van der Waals surface area contributed by atoms with Gasteiger partial charge in [-0.25, -0.2) is 0 Å². The van der Waals surface area contributed by atoms with Gasteiger partial charge in [-0.05, 0) is 29.8 Å². The van der Waals surface area contributed by atoms with Crippen LogP contribution in [-0.2, 0) is 9.53 Å². The lowest BCUT2D eigenvalue weighted by atomic mass is 10.0. The molecule has 0 aliphatic rings. The first-order valence-corrected chi connectivity index (χ1v) is 9.35. The van der Waals surface area contributed by atoms with Crippen molar-refractivity contribution in [3.8, 4) is 0 Å². The summed E-state index contributed by atoms with van der Waals surface area (Å²) < 4.78 is 5.10. The number of aromatic amines is 1. The predicted molar refractivity (Wildman–Crippen MR) is 109 cm³/mol. The fourth-order valence-electron chi connectivity index (χ4n) is 2.77. The zero-order valence-electron chi connectivity index (χ0n) is 15.4. The molecule has 6 nitrogen and oxygen atoms in total. The van der Waals surface area contributed by atoms with Crippen LogP contribution in [0.2, 0.25) is 5.02 Å². The van der Waals surface area contributed by atoms with Gasteiger partial charge in [0, 0.05) is 6.20 Å². The molecule has 2 N–H and O–H groups in total. The quantitative estimate of drug-likeness (QED) is 0.434. The normalized spacial score (nSPS) is 11.5. The van der Waals surface area contributed by atoms with Crippen LogP contribution < -0.4 is 5.32 Å². The fraction of sp³-hybridized carbons (Fsp3) is 0.136. The van der Waals surface area contributed by atoms with Crippen LogP contribution in [0.5, 0.6) is 0 Å². The van der Waals surface area contributed by atoms with Crippen LogP contribution in [0.15, 0.2) is 72.9 Å². The number of ether oxygens (including phenoxy) is 1. The molecular weight excluding hydrogens is 392 g/mol. The van der Waals surface area contributed by atoms with E-state index in [9.17, 15) is 14.4 Å². The van der Waals surface area contributed by atoms with Crippen molar-refractivity contribution in [1.82, 2.24) is 10.3 Å². The van der Waals surface area contributed by atoms with Crippen molar-refractivity contribution in [2.24, 2.45) is 0 Å². The molecule has 1 heterocycles. The average Bonchev–Trinajstić information content (AvgIpc) is 3.27. The van der Waals surface area contributed by atoms with Gasteiger partial charge in [-0.2, -0.15) is 0 Å². The number of H-pyrrole nitrogens is 1. The van der Waals surface area contributed by atoms with Crippen molar-refractivity contribution in [2.45, 2.75) is 12.5 Å². The first-order chi connectivity index (χ1) is 14.0. The molecule has 3 rings (SSSR count). The van der Waals surface area contributed by atoms with Crippen LogP contribution in [0.1, 0.15) is 38.9 Å². The monoisotopic (exact) mass is 410 g/mol. The van der Waals surface area contributed by atoms with E-state index in [2.05, 4.69) is 10.3 Å². The Balaban J connectivity index is 1.67. The number of ketones is 1. The maximum atomic E-state index is 12.6. The van der Waals surface area contributed by atoms with Gasteiger partial charge in [0.1, 0.15) is 0 Å². The second-order valence-electron chi connectivity index (χ2n) is 6.29.